The van der Waals surface area contributed by atoms with Gasteiger partial charge in [0.05, 0.1) is 6.42 Å². The van der Waals surface area contributed by atoms with Gasteiger partial charge in [0.2, 0.25) is 0 Å². The topological polar surface area (TPSA) is 69.6 Å². The number of nitrogens with one attached hydrogen (secondary N) is 1. The van der Waals surface area contributed by atoms with Crippen LogP contribution in [0.15, 0.2) is 0 Å². The summed E-state index contributed by atoms with van der Waals surface area (Å²) in [5.41, 5.74) is 0. The average Bonchev–Trinajstić information content (AvgIpc) is 2.24. The highest BCUT2D eigenvalue weighted by atomic mass is 16.4. The van der Waals surface area contributed by atoms with E-state index in [0.29, 0.717) is 18.9 Å². The van der Waals surface area contributed by atoms with E-state index >= 15 is 0 Å². The van der Waals surface area contributed by atoms with Crippen molar-refractivity contribution in [1.82, 2.24) is 10.2 Å². The average molecular weight is 272 g/mol. The molecule has 5 heteroatoms. The molecule has 0 saturated heterocycles. The molecule has 1 atom stereocenters. The van der Waals surface area contributed by atoms with E-state index in [2.05, 4.69) is 19.2 Å². The first-order valence-electron chi connectivity index (χ1n) is 7.06. The van der Waals surface area contributed by atoms with Crippen LogP contribution in [0.3, 0.4) is 0 Å². The van der Waals surface area contributed by atoms with Crippen LogP contribution in [-0.4, -0.2) is 40.6 Å². The molecule has 19 heavy (non-hydrogen) atoms. The molecule has 0 bridgehead atoms. The minimum atomic E-state index is -0.876. The van der Waals surface area contributed by atoms with Gasteiger partial charge in [-0.05, 0) is 26.2 Å². The number of carboxylic acids is 1. The third-order valence-electron chi connectivity index (χ3n) is 2.83. The fraction of sp³-hybridized carbons (Fsp3) is 0.857. The highest BCUT2D eigenvalue weighted by molar-refractivity contribution is 5.76. The Labute approximate surface area is 116 Å². The van der Waals surface area contributed by atoms with Crippen LogP contribution in [0.5, 0.6) is 0 Å². The van der Waals surface area contributed by atoms with Gasteiger partial charge in [-0.1, -0.05) is 27.2 Å². The van der Waals surface area contributed by atoms with Crippen LogP contribution in [0.4, 0.5) is 4.79 Å². The van der Waals surface area contributed by atoms with Crippen LogP contribution in [0.25, 0.3) is 0 Å². The molecule has 0 aliphatic heterocycles. The van der Waals surface area contributed by atoms with Crippen molar-refractivity contribution in [1.29, 1.82) is 0 Å². The van der Waals surface area contributed by atoms with E-state index in [1.54, 1.807) is 4.90 Å². The van der Waals surface area contributed by atoms with Gasteiger partial charge >= 0.3 is 12.0 Å². The van der Waals surface area contributed by atoms with Gasteiger partial charge < -0.3 is 15.3 Å². The first kappa shape index (κ1) is 17.7. The summed E-state index contributed by atoms with van der Waals surface area (Å²) in [4.78, 5) is 24.8. The number of urea groups is 1. The number of hydrogen-bond acceptors (Lipinski definition) is 2. The zero-order chi connectivity index (χ0) is 15.0. The molecule has 112 valence electrons. The molecule has 0 saturated carbocycles. The standard InChI is InChI=1S/C14H28N2O3/c1-6-7-12(8-13(17)18)15-14(19)16(11(4)5)9-10(2)3/h10-12H,6-9H2,1-5H3,(H,15,19)(H,17,18). The first-order valence-corrected chi connectivity index (χ1v) is 7.06. The smallest absolute Gasteiger partial charge is 0.317 e. The Morgan fingerprint density at radius 2 is 1.79 bits per heavy atom. The van der Waals surface area contributed by atoms with E-state index < -0.39 is 5.97 Å². The molecule has 0 fully saturated rings. The summed E-state index contributed by atoms with van der Waals surface area (Å²) < 4.78 is 0. The van der Waals surface area contributed by atoms with Gasteiger partial charge in [-0.15, -0.1) is 0 Å². The Kier molecular flexibility index (Phi) is 8.19. The van der Waals surface area contributed by atoms with E-state index in [1.807, 2.05) is 20.8 Å². The minimum Gasteiger partial charge on any atom is -0.481 e. The highest BCUT2D eigenvalue weighted by Crippen LogP contribution is 2.08. The molecule has 0 aromatic heterocycles. The van der Waals surface area contributed by atoms with Gasteiger partial charge in [-0.3, -0.25) is 4.79 Å². The predicted octanol–water partition coefficient (Wildman–Crippen LogP) is 2.71. The Balaban J connectivity index is 4.60. The lowest BCUT2D eigenvalue weighted by Crippen LogP contribution is -2.49. The summed E-state index contributed by atoms with van der Waals surface area (Å²) in [6.07, 6.45) is 1.52. The zero-order valence-electron chi connectivity index (χ0n) is 12.8. The lowest BCUT2D eigenvalue weighted by molar-refractivity contribution is -0.137. The van der Waals surface area contributed by atoms with E-state index in [4.69, 9.17) is 5.11 Å². The fourth-order valence-electron chi connectivity index (χ4n) is 1.96. The molecule has 0 aromatic rings. The van der Waals surface area contributed by atoms with Gasteiger partial charge in [0.25, 0.3) is 0 Å². The quantitative estimate of drug-likeness (QED) is 0.713. The predicted molar refractivity (Wildman–Crippen MR) is 76.2 cm³/mol. The summed E-state index contributed by atoms with van der Waals surface area (Å²) in [7, 11) is 0. The van der Waals surface area contributed by atoms with Crippen molar-refractivity contribution < 1.29 is 14.7 Å². The Morgan fingerprint density at radius 1 is 1.21 bits per heavy atom. The molecule has 0 spiro atoms. The van der Waals surface area contributed by atoms with E-state index in [9.17, 15) is 9.59 Å². The number of carbonyl (C=O) groups is 2. The van der Waals surface area contributed by atoms with Crippen LogP contribution in [-0.2, 0) is 4.79 Å². The molecule has 2 amide bonds. The van der Waals surface area contributed by atoms with E-state index in [0.717, 1.165) is 6.42 Å². The summed E-state index contributed by atoms with van der Waals surface area (Å²) in [6, 6.07) is -0.346. The van der Waals surface area contributed by atoms with Crippen LogP contribution in [0, 0.1) is 5.92 Å². The molecule has 0 rings (SSSR count). The Hall–Kier alpha value is -1.26. The monoisotopic (exact) mass is 272 g/mol. The normalized spacial score (nSPS) is 12.6. The second-order valence-corrected chi connectivity index (χ2v) is 5.67. The number of aliphatic carboxylic acids is 1. The van der Waals surface area contributed by atoms with Gasteiger partial charge in [-0.2, -0.15) is 0 Å². The Morgan fingerprint density at radius 3 is 2.16 bits per heavy atom. The summed E-state index contributed by atoms with van der Waals surface area (Å²) >= 11 is 0. The highest BCUT2D eigenvalue weighted by Gasteiger charge is 2.22. The molecule has 0 radical (unpaired) electrons. The van der Waals surface area contributed by atoms with E-state index in [-0.39, 0.29) is 24.5 Å². The van der Waals surface area contributed by atoms with Crippen molar-refractivity contribution in [2.75, 3.05) is 6.54 Å². The third kappa shape index (κ3) is 7.70. The molecule has 2 N–H and O–H groups in total. The molecule has 5 nitrogen and oxygen atoms in total. The Bertz CT molecular complexity index is 290. The maximum atomic E-state index is 12.2. The first-order chi connectivity index (χ1) is 8.77. The summed E-state index contributed by atoms with van der Waals surface area (Å²) in [5.74, 6) is -0.490. The van der Waals surface area contributed by atoms with Gasteiger partial charge in [-0.25, -0.2) is 4.79 Å². The molecule has 0 heterocycles. The van der Waals surface area contributed by atoms with Crippen molar-refractivity contribution in [3.63, 3.8) is 0 Å². The number of nitrogens with zero attached hydrogens (tertiary/aromatic N) is 1. The number of carbonyl (C=O) groups excluding carboxylic acids is 1. The van der Waals surface area contributed by atoms with Crippen LogP contribution in [0.1, 0.15) is 53.9 Å². The molecular formula is C14H28N2O3. The second kappa shape index (κ2) is 8.77. The van der Waals surface area contributed by atoms with Crippen molar-refractivity contribution in [2.24, 2.45) is 5.92 Å². The number of carboxylic acid groups (broad SMARTS) is 1. The van der Waals surface area contributed by atoms with Crippen molar-refractivity contribution in [2.45, 2.75) is 66.0 Å². The maximum Gasteiger partial charge on any atom is 0.317 e. The molecule has 0 aliphatic rings. The van der Waals surface area contributed by atoms with Crippen LogP contribution in [0.2, 0.25) is 0 Å². The van der Waals surface area contributed by atoms with Crippen molar-refractivity contribution in [3.05, 3.63) is 0 Å². The maximum absolute atomic E-state index is 12.2. The minimum absolute atomic E-state index is 0.0206. The SMILES string of the molecule is CCCC(CC(=O)O)NC(=O)N(CC(C)C)C(C)C. The van der Waals surface area contributed by atoms with Gasteiger partial charge in [0.15, 0.2) is 0 Å². The number of hydrogen-bond donors (Lipinski definition) is 2. The second-order valence-electron chi connectivity index (χ2n) is 5.67. The lowest BCUT2D eigenvalue weighted by atomic mass is 10.1. The van der Waals surface area contributed by atoms with Gasteiger partial charge in [0, 0.05) is 18.6 Å². The fourth-order valence-corrected chi connectivity index (χ4v) is 1.96. The van der Waals surface area contributed by atoms with E-state index in [1.165, 1.54) is 0 Å². The van der Waals surface area contributed by atoms with Crippen molar-refractivity contribution >= 4 is 12.0 Å². The van der Waals surface area contributed by atoms with Crippen LogP contribution >= 0.6 is 0 Å². The molecule has 0 aliphatic carbocycles. The molecule has 0 aromatic carbocycles. The summed E-state index contributed by atoms with van der Waals surface area (Å²) in [5, 5.41) is 11.7. The molecular weight excluding hydrogens is 244 g/mol. The van der Waals surface area contributed by atoms with Gasteiger partial charge in [0.1, 0.15) is 0 Å². The lowest BCUT2D eigenvalue weighted by Gasteiger charge is -2.30. The van der Waals surface area contributed by atoms with Crippen molar-refractivity contribution in [3.8, 4) is 0 Å². The third-order valence-corrected chi connectivity index (χ3v) is 2.83. The zero-order valence-corrected chi connectivity index (χ0v) is 12.8. The number of rotatable bonds is 8. The van der Waals surface area contributed by atoms with Crippen LogP contribution < -0.4 is 5.32 Å². The largest absolute Gasteiger partial charge is 0.481 e. The number of amides is 2. The molecule has 1 unspecified atom stereocenters. The summed E-state index contributed by atoms with van der Waals surface area (Å²) in [6.45, 7) is 10.7.